The first-order chi connectivity index (χ1) is 7.92. The molecule has 0 aliphatic carbocycles. The third kappa shape index (κ3) is 2.61. The average molecular weight is 233 g/mol. The Morgan fingerprint density at radius 1 is 1.25 bits per heavy atom. The molecular formula is C13H15NOS. The van der Waals surface area contributed by atoms with E-state index in [1.54, 1.807) is 11.3 Å². The van der Waals surface area contributed by atoms with Gasteiger partial charge >= 0.3 is 0 Å². The second-order valence-electron chi connectivity index (χ2n) is 3.55. The zero-order valence-electron chi connectivity index (χ0n) is 9.35. The predicted octanol–water partition coefficient (Wildman–Crippen LogP) is 3.99. The zero-order valence-corrected chi connectivity index (χ0v) is 10.2. The highest BCUT2D eigenvalue weighted by molar-refractivity contribution is 7.13. The maximum atomic E-state index is 5.67. The molecule has 0 N–H and O–H groups in total. The van der Waals surface area contributed by atoms with Crippen molar-refractivity contribution >= 4 is 11.3 Å². The number of thiazole rings is 1. The van der Waals surface area contributed by atoms with Gasteiger partial charge in [0.05, 0.1) is 17.0 Å². The molecule has 0 atom stereocenters. The van der Waals surface area contributed by atoms with E-state index in [4.69, 9.17) is 4.74 Å². The van der Waals surface area contributed by atoms with Gasteiger partial charge in [-0.25, -0.2) is 4.98 Å². The van der Waals surface area contributed by atoms with E-state index >= 15 is 0 Å². The highest BCUT2D eigenvalue weighted by Crippen LogP contribution is 2.32. The van der Waals surface area contributed by atoms with E-state index in [1.807, 2.05) is 23.7 Å². The van der Waals surface area contributed by atoms with Crippen molar-refractivity contribution in [3.8, 4) is 16.3 Å². The van der Waals surface area contributed by atoms with Crippen LogP contribution in [0.3, 0.4) is 0 Å². The summed E-state index contributed by atoms with van der Waals surface area (Å²) >= 11 is 1.62. The fraction of sp³-hybridized carbons (Fsp3) is 0.308. The van der Waals surface area contributed by atoms with Crippen molar-refractivity contribution in [1.29, 1.82) is 0 Å². The fourth-order valence-corrected chi connectivity index (χ4v) is 2.17. The minimum Gasteiger partial charge on any atom is -0.477 e. The van der Waals surface area contributed by atoms with Crippen LogP contribution in [0.25, 0.3) is 10.4 Å². The first-order valence-corrected chi connectivity index (χ1v) is 6.41. The van der Waals surface area contributed by atoms with Crippen LogP contribution >= 0.6 is 11.3 Å². The van der Waals surface area contributed by atoms with Crippen molar-refractivity contribution in [3.63, 3.8) is 0 Å². The number of hydrogen-bond acceptors (Lipinski definition) is 3. The second-order valence-corrected chi connectivity index (χ2v) is 4.41. The molecule has 84 valence electrons. The molecule has 2 aromatic rings. The lowest BCUT2D eigenvalue weighted by molar-refractivity contribution is 0.301. The highest BCUT2D eigenvalue weighted by atomic mass is 32.1. The summed E-state index contributed by atoms with van der Waals surface area (Å²) in [6.45, 7) is 2.91. The molecule has 0 saturated carbocycles. The molecule has 0 unspecified atom stereocenters. The molecule has 16 heavy (non-hydrogen) atoms. The van der Waals surface area contributed by atoms with Gasteiger partial charge in [0.15, 0.2) is 0 Å². The van der Waals surface area contributed by atoms with Crippen LogP contribution in [-0.2, 0) is 0 Å². The molecule has 1 aromatic carbocycles. The standard InChI is InChI=1S/C13H15NOS/c1-2-3-9-15-13-12(16-10-14-13)11-7-5-4-6-8-11/h4-8,10H,2-3,9H2,1H3. The molecule has 0 bridgehead atoms. The summed E-state index contributed by atoms with van der Waals surface area (Å²) in [5, 5.41) is 0. The average Bonchev–Trinajstić information content (AvgIpc) is 2.79. The van der Waals surface area contributed by atoms with Gasteiger partial charge in [-0.3, -0.25) is 0 Å². The fourth-order valence-electron chi connectivity index (χ4n) is 1.43. The number of benzene rings is 1. The summed E-state index contributed by atoms with van der Waals surface area (Å²) in [4.78, 5) is 5.38. The first-order valence-electron chi connectivity index (χ1n) is 5.53. The molecule has 3 heteroatoms. The van der Waals surface area contributed by atoms with Crippen molar-refractivity contribution in [2.75, 3.05) is 6.61 Å². The van der Waals surface area contributed by atoms with E-state index in [9.17, 15) is 0 Å². The summed E-state index contributed by atoms with van der Waals surface area (Å²) in [7, 11) is 0. The van der Waals surface area contributed by atoms with Crippen LogP contribution in [0.5, 0.6) is 5.88 Å². The molecule has 0 fully saturated rings. The molecule has 2 nitrogen and oxygen atoms in total. The van der Waals surface area contributed by atoms with Gasteiger partial charge in [0.25, 0.3) is 0 Å². The summed E-state index contributed by atoms with van der Waals surface area (Å²) in [6, 6.07) is 10.2. The molecule has 0 spiro atoms. The number of aromatic nitrogens is 1. The number of ether oxygens (including phenoxy) is 1. The van der Waals surface area contributed by atoms with Crippen molar-refractivity contribution in [2.45, 2.75) is 19.8 Å². The third-order valence-corrected chi connectivity index (χ3v) is 3.16. The molecule has 1 aromatic heterocycles. The lowest BCUT2D eigenvalue weighted by atomic mass is 10.2. The van der Waals surface area contributed by atoms with E-state index < -0.39 is 0 Å². The highest BCUT2D eigenvalue weighted by Gasteiger charge is 2.08. The van der Waals surface area contributed by atoms with Crippen LogP contribution in [0, 0.1) is 0 Å². The topological polar surface area (TPSA) is 22.1 Å². The Balaban J connectivity index is 2.13. The third-order valence-electron chi connectivity index (χ3n) is 2.31. The number of rotatable bonds is 5. The van der Waals surface area contributed by atoms with Crippen molar-refractivity contribution in [1.82, 2.24) is 4.98 Å². The van der Waals surface area contributed by atoms with E-state index in [0.717, 1.165) is 30.2 Å². The van der Waals surface area contributed by atoms with E-state index in [-0.39, 0.29) is 0 Å². The normalized spacial score (nSPS) is 10.3. The van der Waals surface area contributed by atoms with Crippen LogP contribution in [0.4, 0.5) is 0 Å². The quantitative estimate of drug-likeness (QED) is 0.728. The lowest BCUT2D eigenvalue weighted by Gasteiger charge is -2.04. The monoisotopic (exact) mass is 233 g/mol. The Bertz CT molecular complexity index is 425. The Kier molecular flexibility index (Phi) is 3.94. The maximum Gasteiger partial charge on any atom is 0.232 e. The van der Waals surface area contributed by atoms with Crippen LogP contribution in [0.2, 0.25) is 0 Å². The minimum atomic E-state index is 0.750. The van der Waals surface area contributed by atoms with Crippen LogP contribution < -0.4 is 4.74 Å². The Morgan fingerprint density at radius 2 is 2.06 bits per heavy atom. The molecule has 0 amide bonds. The molecule has 0 aliphatic heterocycles. The first kappa shape index (κ1) is 11.1. The van der Waals surface area contributed by atoms with Crippen LogP contribution in [0.15, 0.2) is 35.8 Å². The molecule has 0 aliphatic rings. The second kappa shape index (κ2) is 5.66. The van der Waals surface area contributed by atoms with Crippen molar-refractivity contribution in [3.05, 3.63) is 35.8 Å². The smallest absolute Gasteiger partial charge is 0.232 e. The Morgan fingerprint density at radius 3 is 2.81 bits per heavy atom. The van der Waals surface area contributed by atoms with Crippen molar-refractivity contribution in [2.24, 2.45) is 0 Å². The van der Waals surface area contributed by atoms with Gasteiger partial charge < -0.3 is 4.74 Å². The molecule has 0 saturated heterocycles. The summed E-state index contributed by atoms with van der Waals surface area (Å²) < 4.78 is 5.67. The molecule has 0 radical (unpaired) electrons. The van der Waals surface area contributed by atoms with E-state index in [2.05, 4.69) is 24.0 Å². The Labute approximate surface area is 99.9 Å². The summed E-state index contributed by atoms with van der Waals surface area (Å²) in [6.07, 6.45) is 2.22. The molecule has 2 rings (SSSR count). The number of hydrogen-bond donors (Lipinski definition) is 0. The number of unbranched alkanes of at least 4 members (excludes halogenated alkanes) is 1. The maximum absolute atomic E-state index is 5.67. The van der Waals surface area contributed by atoms with Crippen LogP contribution in [0.1, 0.15) is 19.8 Å². The lowest BCUT2D eigenvalue weighted by Crippen LogP contribution is -1.97. The SMILES string of the molecule is CCCCOc1ncsc1-c1ccccc1. The van der Waals surface area contributed by atoms with Gasteiger partial charge in [-0.2, -0.15) is 0 Å². The largest absolute Gasteiger partial charge is 0.477 e. The van der Waals surface area contributed by atoms with E-state index in [0.29, 0.717) is 0 Å². The minimum absolute atomic E-state index is 0.750. The zero-order chi connectivity index (χ0) is 11.2. The van der Waals surface area contributed by atoms with Crippen LogP contribution in [-0.4, -0.2) is 11.6 Å². The van der Waals surface area contributed by atoms with Gasteiger partial charge in [-0.15, -0.1) is 11.3 Å². The summed E-state index contributed by atoms with van der Waals surface area (Å²) in [5.41, 5.74) is 3.01. The molecular weight excluding hydrogens is 218 g/mol. The number of nitrogens with zero attached hydrogens (tertiary/aromatic N) is 1. The Hall–Kier alpha value is -1.35. The van der Waals surface area contributed by atoms with Gasteiger partial charge in [-0.05, 0) is 12.0 Å². The van der Waals surface area contributed by atoms with Crippen molar-refractivity contribution < 1.29 is 4.74 Å². The van der Waals surface area contributed by atoms with Gasteiger partial charge in [0, 0.05) is 0 Å². The van der Waals surface area contributed by atoms with Gasteiger partial charge in [0.1, 0.15) is 0 Å². The van der Waals surface area contributed by atoms with Gasteiger partial charge in [-0.1, -0.05) is 43.7 Å². The van der Waals surface area contributed by atoms with Gasteiger partial charge in [0.2, 0.25) is 5.88 Å². The summed E-state index contributed by atoms with van der Waals surface area (Å²) in [5.74, 6) is 0.768. The molecule has 1 heterocycles. The predicted molar refractivity (Wildman–Crippen MR) is 68.0 cm³/mol. The van der Waals surface area contributed by atoms with E-state index in [1.165, 1.54) is 5.56 Å².